The first-order chi connectivity index (χ1) is 10.8. The molecule has 2 aromatic rings. The molecule has 22 heavy (non-hydrogen) atoms. The van der Waals surface area contributed by atoms with E-state index >= 15 is 0 Å². The number of likely N-dealkylation sites (N-methyl/N-ethyl adjacent to an activating group) is 1. The molecule has 5 heteroatoms. The fourth-order valence-corrected chi connectivity index (χ4v) is 2.84. The third kappa shape index (κ3) is 2.33. The highest BCUT2D eigenvalue weighted by molar-refractivity contribution is 6.03. The molecule has 0 amide bonds. The third-order valence-corrected chi connectivity index (χ3v) is 4.14. The monoisotopic (exact) mass is 294 g/mol. The van der Waals surface area contributed by atoms with Gasteiger partial charge in [-0.2, -0.15) is 0 Å². The van der Waals surface area contributed by atoms with Crippen LogP contribution in [0.3, 0.4) is 0 Å². The molecule has 3 heterocycles. The van der Waals surface area contributed by atoms with Crippen molar-refractivity contribution >= 4 is 11.5 Å². The lowest BCUT2D eigenvalue weighted by atomic mass is 10.1. The molecule has 0 spiro atoms. The van der Waals surface area contributed by atoms with Crippen LogP contribution in [-0.2, 0) is 0 Å². The minimum Gasteiger partial charge on any atom is -0.453 e. The molecule has 0 atom stereocenters. The molecule has 2 aliphatic heterocycles. The van der Waals surface area contributed by atoms with Crippen molar-refractivity contribution in [3.05, 3.63) is 48.3 Å². The third-order valence-electron chi connectivity index (χ3n) is 4.14. The fourth-order valence-electron chi connectivity index (χ4n) is 2.84. The van der Waals surface area contributed by atoms with Crippen LogP contribution in [0.1, 0.15) is 5.56 Å². The smallest absolute Gasteiger partial charge is 0.171 e. The first-order valence-electron chi connectivity index (χ1n) is 7.55. The number of para-hydroxylation sites is 1. The Bertz CT molecular complexity index is 720. The maximum absolute atomic E-state index is 6.03. The van der Waals surface area contributed by atoms with Crippen LogP contribution >= 0.6 is 0 Å². The van der Waals surface area contributed by atoms with Gasteiger partial charge in [0.25, 0.3) is 0 Å². The van der Waals surface area contributed by atoms with Crippen LogP contribution in [0, 0.1) is 0 Å². The molecule has 0 bridgehead atoms. The van der Waals surface area contributed by atoms with Gasteiger partial charge in [0.2, 0.25) is 0 Å². The number of hydrogen-bond donors (Lipinski definition) is 0. The van der Waals surface area contributed by atoms with Crippen molar-refractivity contribution in [1.82, 2.24) is 14.8 Å². The molecule has 0 unspecified atom stereocenters. The van der Waals surface area contributed by atoms with E-state index in [0.717, 1.165) is 49.0 Å². The van der Waals surface area contributed by atoms with Gasteiger partial charge < -0.3 is 14.5 Å². The van der Waals surface area contributed by atoms with Gasteiger partial charge in [-0.1, -0.05) is 12.1 Å². The highest BCUT2D eigenvalue weighted by atomic mass is 16.5. The van der Waals surface area contributed by atoms with E-state index in [1.165, 1.54) is 0 Å². The summed E-state index contributed by atoms with van der Waals surface area (Å²) in [5.74, 6) is 2.54. The molecular weight excluding hydrogens is 276 g/mol. The van der Waals surface area contributed by atoms with Crippen LogP contribution < -0.4 is 4.74 Å². The maximum Gasteiger partial charge on any atom is 0.171 e. The molecule has 112 valence electrons. The molecule has 4 rings (SSSR count). The van der Waals surface area contributed by atoms with E-state index < -0.39 is 0 Å². The van der Waals surface area contributed by atoms with E-state index in [-0.39, 0.29) is 0 Å². The Morgan fingerprint density at radius 3 is 2.68 bits per heavy atom. The lowest BCUT2D eigenvalue weighted by Gasteiger charge is -2.34. The van der Waals surface area contributed by atoms with Crippen LogP contribution in [0.2, 0.25) is 0 Å². The standard InChI is InChI=1S/C17H18N4O/c1-20-8-10-21(11-9-20)17-13-4-2-3-5-15(13)22-16-12-18-7-6-14(16)19-17/h2-7,12H,8-11H2,1H3. The Morgan fingerprint density at radius 2 is 1.82 bits per heavy atom. The molecule has 1 saturated heterocycles. The van der Waals surface area contributed by atoms with E-state index in [9.17, 15) is 0 Å². The molecule has 0 radical (unpaired) electrons. The number of hydrogen-bond acceptors (Lipinski definition) is 5. The Hall–Kier alpha value is -2.40. The number of piperazine rings is 1. The van der Waals surface area contributed by atoms with Gasteiger partial charge in [-0.3, -0.25) is 4.98 Å². The van der Waals surface area contributed by atoms with Crippen LogP contribution in [0.4, 0.5) is 5.69 Å². The van der Waals surface area contributed by atoms with Gasteiger partial charge in [-0.05, 0) is 25.2 Å². The second-order valence-corrected chi connectivity index (χ2v) is 5.67. The van der Waals surface area contributed by atoms with Crippen molar-refractivity contribution in [3.8, 4) is 11.5 Å². The number of amidine groups is 1. The van der Waals surface area contributed by atoms with Gasteiger partial charge in [0, 0.05) is 32.4 Å². The largest absolute Gasteiger partial charge is 0.453 e. The van der Waals surface area contributed by atoms with Crippen LogP contribution in [-0.4, -0.2) is 53.8 Å². The number of fused-ring (bicyclic) bond motifs is 2. The highest BCUT2D eigenvalue weighted by Crippen LogP contribution is 2.37. The molecule has 2 aliphatic rings. The number of aliphatic imine (C=N–C) groups is 1. The molecule has 1 aromatic carbocycles. The minimum absolute atomic E-state index is 0.707. The topological polar surface area (TPSA) is 41.0 Å². The summed E-state index contributed by atoms with van der Waals surface area (Å²) >= 11 is 0. The summed E-state index contributed by atoms with van der Waals surface area (Å²) in [6.45, 7) is 4.05. The number of ether oxygens (including phenoxy) is 1. The summed E-state index contributed by atoms with van der Waals surface area (Å²) in [5, 5.41) is 0. The van der Waals surface area contributed by atoms with Crippen molar-refractivity contribution in [2.45, 2.75) is 0 Å². The molecule has 1 aromatic heterocycles. The average Bonchev–Trinajstić information content (AvgIpc) is 2.72. The zero-order chi connectivity index (χ0) is 14.9. The minimum atomic E-state index is 0.707. The normalized spacial score (nSPS) is 17.9. The van der Waals surface area contributed by atoms with Gasteiger partial charge in [0.1, 0.15) is 17.3 Å². The SMILES string of the molecule is CN1CCN(C2=Nc3ccncc3Oc3ccccc32)CC1. The first-order valence-corrected chi connectivity index (χ1v) is 7.55. The van der Waals surface area contributed by atoms with Crippen molar-refractivity contribution in [2.24, 2.45) is 4.99 Å². The summed E-state index contributed by atoms with van der Waals surface area (Å²) in [6, 6.07) is 9.98. The lowest BCUT2D eigenvalue weighted by Crippen LogP contribution is -2.47. The van der Waals surface area contributed by atoms with Crippen molar-refractivity contribution in [2.75, 3.05) is 33.2 Å². The molecule has 5 nitrogen and oxygen atoms in total. The van der Waals surface area contributed by atoms with E-state index in [4.69, 9.17) is 9.73 Å². The summed E-state index contributed by atoms with van der Waals surface area (Å²) in [6.07, 6.45) is 3.48. The predicted octanol–water partition coefficient (Wildman–Crippen LogP) is 2.51. The van der Waals surface area contributed by atoms with E-state index in [2.05, 4.69) is 27.9 Å². The number of nitrogens with zero attached hydrogens (tertiary/aromatic N) is 4. The van der Waals surface area contributed by atoms with Crippen molar-refractivity contribution in [3.63, 3.8) is 0 Å². The van der Waals surface area contributed by atoms with E-state index in [1.807, 2.05) is 24.3 Å². The molecule has 0 N–H and O–H groups in total. The summed E-state index contributed by atoms with van der Waals surface area (Å²) in [4.78, 5) is 13.7. The zero-order valence-corrected chi connectivity index (χ0v) is 12.6. The quantitative estimate of drug-likeness (QED) is 0.748. The highest BCUT2D eigenvalue weighted by Gasteiger charge is 2.24. The van der Waals surface area contributed by atoms with Crippen LogP contribution in [0.25, 0.3) is 0 Å². The lowest BCUT2D eigenvalue weighted by molar-refractivity contribution is 0.215. The van der Waals surface area contributed by atoms with Crippen molar-refractivity contribution in [1.29, 1.82) is 0 Å². The van der Waals surface area contributed by atoms with E-state index in [1.54, 1.807) is 12.4 Å². The average molecular weight is 294 g/mol. The second kappa shape index (κ2) is 5.42. The van der Waals surface area contributed by atoms with Gasteiger partial charge in [-0.15, -0.1) is 0 Å². The Labute approximate surface area is 129 Å². The number of rotatable bonds is 0. The van der Waals surface area contributed by atoms with Gasteiger partial charge in [0.05, 0.1) is 11.8 Å². The Balaban J connectivity index is 1.82. The Kier molecular flexibility index (Phi) is 3.27. The maximum atomic E-state index is 6.03. The van der Waals surface area contributed by atoms with Gasteiger partial charge >= 0.3 is 0 Å². The Morgan fingerprint density at radius 1 is 1.00 bits per heavy atom. The second-order valence-electron chi connectivity index (χ2n) is 5.67. The number of aromatic nitrogens is 1. The molecular formula is C17H18N4O. The van der Waals surface area contributed by atoms with E-state index in [0.29, 0.717) is 5.75 Å². The first kappa shape index (κ1) is 13.3. The van der Waals surface area contributed by atoms with Crippen LogP contribution in [0.5, 0.6) is 11.5 Å². The number of benzene rings is 1. The van der Waals surface area contributed by atoms with Gasteiger partial charge in [0.15, 0.2) is 5.75 Å². The molecule has 0 aliphatic carbocycles. The summed E-state index contributed by atoms with van der Waals surface area (Å²) in [5.41, 5.74) is 1.88. The predicted molar refractivity (Wildman–Crippen MR) is 86.0 cm³/mol. The number of pyridine rings is 1. The summed E-state index contributed by atoms with van der Waals surface area (Å²) in [7, 11) is 2.16. The molecule has 1 fully saturated rings. The fraction of sp³-hybridized carbons (Fsp3) is 0.294. The summed E-state index contributed by atoms with van der Waals surface area (Å²) < 4.78 is 6.03. The van der Waals surface area contributed by atoms with Gasteiger partial charge in [-0.25, -0.2) is 4.99 Å². The van der Waals surface area contributed by atoms with Crippen molar-refractivity contribution < 1.29 is 4.74 Å². The zero-order valence-electron chi connectivity index (χ0n) is 12.6. The van der Waals surface area contributed by atoms with Crippen LogP contribution in [0.15, 0.2) is 47.7 Å². The molecule has 0 saturated carbocycles.